The summed E-state index contributed by atoms with van der Waals surface area (Å²) in [6.45, 7) is 1.58. The van der Waals surface area contributed by atoms with E-state index in [9.17, 15) is 0 Å². The standard InChI is InChI=1S/C18H24BrN3O4/c1-23-13-22-17(20-18(19)21-22)15(26-14-7-3-2-4-8-14)10-12-25-16-9-5-6-11-24-16/h2-4,7-8,15-16H,5-6,9-13H2,1H3. The summed E-state index contributed by atoms with van der Waals surface area (Å²) in [7, 11) is 1.62. The molecule has 2 atom stereocenters. The largest absolute Gasteiger partial charge is 0.482 e. The molecule has 0 bridgehead atoms. The van der Waals surface area contributed by atoms with Crippen LogP contribution in [0.2, 0.25) is 0 Å². The van der Waals surface area contributed by atoms with Crippen molar-refractivity contribution in [2.45, 2.75) is 44.8 Å². The van der Waals surface area contributed by atoms with Gasteiger partial charge in [0.1, 0.15) is 12.5 Å². The maximum Gasteiger partial charge on any atom is 0.217 e. The van der Waals surface area contributed by atoms with Crippen molar-refractivity contribution in [1.82, 2.24) is 14.8 Å². The Morgan fingerprint density at radius 2 is 2.15 bits per heavy atom. The first kappa shape index (κ1) is 19.3. The molecule has 1 saturated heterocycles. The normalized spacial score (nSPS) is 18.6. The van der Waals surface area contributed by atoms with Gasteiger partial charge in [0.2, 0.25) is 4.73 Å². The smallest absolute Gasteiger partial charge is 0.217 e. The second kappa shape index (κ2) is 10.0. The number of benzene rings is 1. The number of hydrogen-bond donors (Lipinski definition) is 0. The summed E-state index contributed by atoms with van der Waals surface area (Å²) in [6, 6.07) is 9.67. The molecule has 0 spiro atoms. The van der Waals surface area contributed by atoms with Gasteiger partial charge in [-0.25, -0.2) is 9.67 Å². The highest BCUT2D eigenvalue weighted by atomic mass is 79.9. The van der Waals surface area contributed by atoms with Crippen molar-refractivity contribution >= 4 is 15.9 Å². The van der Waals surface area contributed by atoms with Crippen LogP contribution < -0.4 is 4.74 Å². The topological polar surface area (TPSA) is 67.6 Å². The molecule has 1 aromatic carbocycles. The quantitative estimate of drug-likeness (QED) is 0.609. The van der Waals surface area contributed by atoms with Gasteiger partial charge in [-0.1, -0.05) is 18.2 Å². The number of para-hydroxylation sites is 1. The summed E-state index contributed by atoms with van der Waals surface area (Å²) >= 11 is 3.33. The predicted octanol–water partition coefficient (Wildman–Crippen LogP) is 3.70. The third-order valence-electron chi connectivity index (χ3n) is 4.06. The van der Waals surface area contributed by atoms with Crippen LogP contribution in [0.1, 0.15) is 37.6 Å². The SMILES string of the molecule is COCn1nc(Br)nc1C(CCOC1CCCCO1)Oc1ccccc1. The van der Waals surface area contributed by atoms with Crippen LogP contribution in [0, 0.1) is 0 Å². The van der Waals surface area contributed by atoms with E-state index in [-0.39, 0.29) is 12.4 Å². The zero-order chi connectivity index (χ0) is 18.2. The first-order valence-corrected chi connectivity index (χ1v) is 9.59. The van der Waals surface area contributed by atoms with E-state index in [0.717, 1.165) is 31.6 Å². The third-order valence-corrected chi connectivity index (χ3v) is 4.39. The maximum absolute atomic E-state index is 6.17. The lowest BCUT2D eigenvalue weighted by atomic mass is 10.2. The zero-order valence-electron chi connectivity index (χ0n) is 14.8. The van der Waals surface area contributed by atoms with Crippen molar-refractivity contribution in [3.05, 3.63) is 40.9 Å². The van der Waals surface area contributed by atoms with Crippen molar-refractivity contribution in [3.8, 4) is 5.75 Å². The highest BCUT2D eigenvalue weighted by molar-refractivity contribution is 9.10. The number of hydrogen-bond acceptors (Lipinski definition) is 6. The van der Waals surface area contributed by atoms with Crippen LogP contribution in [0.3, 0.4) is 0 Å². The van der Waals surface area contributed by atoms with E-state index in [1.165, 1.54) is 0 Å². The molecule has 0 saturated carbocycles. The summed E-state index contributed by atoms with van der Waals surface area (Å²) in [4.78, 5) is 4.47. The Bertz CT molecular complexity index is 662. The molecule has 0 radical (unpaired) electrons. The van der Waals surface area contributed by atoms with Gasteiger partial charge in [0.15, 0.2) is 18.2 Å². The summed E-state index contributed by atoms with van der Waals surface area (Å²) in [6.07, 6.45) is 3.39. The van der Waals surface area contributed by atoms with E-state index in [1.807, 2.05) is 30.3 Å². The van der Waals surface area contributed by atoms with E-state index >= 15 is 0 Å². The fraction of sp³-hybridized carbons (Fsp3) is 0.556. The van der Waals surface area contributed by atoms with Gasteiger partial charge in [-0.2, -0.15) is 0 Å². The van der Waals surface area contributed by atoms with E-state index < -0.39 is 0 Å². The lowest BCUT2D eigenvalue weighted by Crippen LogP contribution is -2.24. The molecule has 2 unspecified atom stereocenters. The van der Waals surface area contributed by atoms with E-state index in [2.05, 4.69) is 26.0 Å². The Balaban J connectivity index is 1.69. The summed E-state index contributed by atoms with van der Waals surface area (Å²) < 4.78 is 25.1. The Morgan fingerprint density at radius 1 is 1.31 bits per heavy atom. The fourth-order valence-corrected chi connectivity index (χ4v) is 3.21. The van der Waals surface area contributed by atoms with Crippen molar-refractivity contribution < 1.29 is 18.9 Å². The lowest BCUT2D eigenvalue weighted by molar-refractivity contribution is -0.165. The number of aromatic nitrogens is 3. The Labute approximate surface area is 161 Å². The predicted molar refractivity (Wildman–Crippen MR) is 98.7 cm³/mol. The summed E-state index contributed by atoms with van der Waals surface area (Å²) in [5, 5.41) is 4.31. The molecule has 2 aromatic rings. The highest BCUT2D eigenvalue weighted by Crippen LogP contribution is 2.25. The molecular formula is C18H24BrN3O4. The van der Waals surface area contributed by atoms with Crippen LogP contribution in [0.25, 0.3) is 0 Å². The monoisotopic (exact) mass is 425 g/mol. The van der Waals surface area contributed by atoms with Crippen molar-refractivity contribution in [2.75, 3.05) is 20.3 Å². The average molecular weight is 426 g/mol. The van der Waals surface area contributed by atoms with Gasteiger partial charge in [0, 0.05) is 20.1 Å². The molecule has 1 aliphatic rings. The fourth-order valence-electron chi connectivity index (χ4n) is 2.83. The van der Waals surface area contributed by atoms with Gasteiger partial charge in [0.05, 0.1) is 6.61 Å². The molecule has 2 heterocycles. The number of ether oxygens (including phenoxy) is 4. The van der Waals surface area contributed by atoms with Crippen LogP contribution in [0.4, 0.5) is 0 Å². The lowest BCUT2D eigenvalue weighted by Gasteiger charge is -2.24. The Hall–Kier alpha value is -1.48. The molecule has 3 rings (SSSR count). The molecule has 1 fully saturated rings. The van der Waals surface area contributed by atoms with E-state index in [4.69, 9.17) is 18.9 Å². The molecule has 26 heavy (non-hydrogen) atoms. The molecular weight excluding hydrogens is 402 g/mol. The van der Waals surface area contributed by atoms with Gasteiger partial charge in [-0.15, -0.1) is 5.10 Å². The number of halogens is 1. The van der Waals surface area contributed by atoms with Gasteiger partial charge < -0.3 is 18.9 Å². The summed E-state index contributed by atoms with van der Waals surface area (Å²) in [5.74, 6) is 1.46. The van der Waals surface area contributed by atoms with Crippen LogP contribution in [-0.4, -0.2) is 41.4 Å². The highest BCUT2D eigenvalue weighted by Gasteiger charge is 2.23. The molecule has 1 aromatic heterocycles. The average Bonchev–Trinajstić information content (AvgIpc) is 3.03. The van der Waals surface area contributed by atoms with Crippen LogP contribution in [0.15, 0.2) is 35.1 Å². The first-order valence-electron chi connectivity index (χ1n) is 8.80. The first-order chi connectivity index (χ1) is 12.8. The Kier molecular flexibility index (Phi) is 7.43. The van der Waals surface area contributed by atoms with Crippen molar-refractivity contribution in [3.63, 3.8) is 0 Å². The van der Waals surface area contributed by atoms with Gasteiger partial charge >= 0.3 is 0 Å². The van der Waals surface area contributed by atoms with Gasteiger partial charge in [0.25, 0.3) is 0 Å². The molecule has 142 valence electrons. The molecule has 8 heteroatoms. The molecule has 0 aliphatic carbocycles. The van der Waals surface area contributed by atoms with E-state index in [0.29, 0.717) is 30.3 Å². The van der Waals surface area contributed by atoms with Gasteiger partial charge in [-0.3, -0.25) is 0 Å². The van der Waals surface area contributed by atoms with Gasteiger partial charge in [-0.05, 0) is 47.3 Å². The second-order valence-electron chi connectivity index (χ2n) is 6.03. The molecule has 1 aliphatic heterocycles. The number of rotatable bonds is 9. The van der Waals surface area contributed by atoms with Crippen molar-refractivity contribution in [1.29, 1.82) is 0 Å². The van der Waals surface area contributed by atoms with Crippen LogP contribution in [-0.2, 0) is 20.9 Å². The number of nitrogens with zero attached hydrogens (tertiary/aromatic N) is 3. The number of methoxy groups -OCH3 is 1. The molecule has 0 amide bonds. The molecule has 7 nitrogen and oxygen atoms in total. The van der Waals surface area contributed by atoms with E-state index in [1.54, 1.807) is 11.8 Å². The minimum absolute atomic E-state index is 0.121. The maximum atomic E-state index is 6.17. The third kappa shape index (κ3) is 5.51. The summed E-state index contributed by atoms with van der Waals surface area (Å²) in [5.41, 5.74) is 0. The molecule has 0 N–H and O–H groups in total. The zero-order valence-corrected chi connectivity index (χ0v) is 16.4. The van der Waals surface area contributed by atoms with Crippen LogP contribution >= 0.6 is 15.9 Å². The van der Waals surface area contributed by atoms with Crippen molar-refractivity contribution in [2.24, 2.45) is 0 Å². The minimum Gasteiger partial charge on any atom is -0.482 e. The minimum atomic E-state index is -0.310. The van der Waals surface area contributed by atoms with Crippen LogP contribution in [0.5, 0.6) is 5.75 Å². The second-order valence-corrected chi connectivity index (χ2v) is 6.74. The Morgan fingerprint density at radius 3 is 2.88 bits per heavy atom.